The van der Waals surface area contributed by atoms with Crippen molar-refractivity contribution in [2.24, 2.45) is 10.4 Å². The smallest absolute Gasteiger partial charge is 0.0662 e. The maximum Gasteiger partial charge on any atom is 0.0662 e. The van der Waals surface area contributed by atoms with Crippen LogP contribution in [0.25, 0.3) is 5.57 Å². The summed E-state index contributed by atoms with van der Waals surface area (Å²) in [7, 11) is 2.16. The summed E-state index contributed by atoms with van der Waals surface area (Å²) in [6.07, 6.45) is 7.92. The highest BCUT2D eigenvalue weighted by Crippen LogP contribution is 2.47. The average Bonchev–Trinajstić information content (AvgIpc) is 2.55. The van der Waals surface area contributed by atoms with E-state index in [0.29, 0.717) is 6.04 Å². The zero-order valence-electron chi connectivity index (χ0n) is 10.7. The van der Waals surface area contributed by atoms with Crippen molar-refractivity contribution in [3.05, 3.63) is 29.7 Å². The first-order valence-electron chi connectivity index (χ1n) is 5.94. The molecule has 3 nitrogen and oxygen atoms in total. The predicted molar refractivity (Wildman–Crippen MR) is 71.4 cm³/mol. The average molecular weight is 227 g/mol. The van der Waals surface area contributed by atoms with Crippen molar-refractivity contribution in [3.8, 4) is 0 Å². The number of aryl methyl sites for hydroxylation is 1. The van der Waals surface area contributed by atoms with Crippen molar-refractivity contribution < 1.29 is 0 Å². The standard InChI is InChI=1S/C14H17N3/c1-9-5-15-6-10-11-7-16-8-14(2,3)13(11)17(4)12(9)10/h5-8,13H,1-4H3. The molecule has 0 radical (unpaired) electrons. The molecule has 0 spiro atoms. The van der Waals surface area contributed by atoms with Gasteiger partial charge in [0.2, 0.25) is 0 Å². The Morgan fingerprint density at radius 1 is 1.29 bits per heavy atom. The first-order chi connectivity index (χ1) is 8.02. The topological polar surface area (TPSA) is 28.5 Å². The molecular weight excluding hydrogens is 210 g/mol. The minimum absolute atomic E-state index is 0.0598. The fourth-order valence-corrected chi connectivity index (χ4v) is 3.14. The molecule has 3 heteroatoms. The SMILES string of the molecule is Cc1cncc2c1N(C)C1C2=CN=CC1(C)C. The Kier molecular flexibility index (Phi) is 1.97. The number of hydrogen-bond donors (Lipinski definition) is 0. The van der Waals surface area contributed by atoms with Gasteiger partial charge in [0.25, 0.3) is 0 Å². The second kappa shape index (κ2) is 3.19. The molecule has 1 aromatic heterocycles. The van der Waals surface area contributed by atoms with Gasteiger partial charge in [0, 0.05) is 48.4 Å². The number of pyridine rings is 1. The second-order valence-electron chi connectivity index (χ2n) is 5.55. The van der Waals surface area contributed by atoms with E-state index in [-0.39, 0.29) is 5.41 Å². The van der Waals surface area contributed by atoms with Gasteiger partial charge in [0.05, 0.1) is 11.7 Å². The van der Waals surface area contributed by atoms with Gasteiger partial charge in [-0.15, -0.1) is 0 Å². The van der Waals surface area contributed by atoms with Gasteiger partial charge < -0.3 is 4.90 Å². The Morgan fingerprint density at radius 3 is 2.82 bits per heavy atom. The molecule has 0 aliphatic carbocycles. The van der Waals surface area contributed by atoms with E-state index in [4.69, 9.17) is 0 Å². The first kappa shape index (κ1) is 10.5. The molecule has 0 fully saturated rings. The van der Waals surface area contributed by atoms with Gasteiger partial charge in [-0.1, -0.05) is 13.8 Å². The summed E-state index contributed by atoms with van der Waals surface area (Å²) in [6.45, 7) is 6.59. The molecule has 0 saturated carbocycles. The van der Waals surface area contributed by atoms with Crippen LogP contribution in [0.3, 0.4) is 0 Å². The van der Waals surface area contributed by atoms with E-state index in [9.17, 15) is 0 Å². The van der Waals surface area contributed by atoms with Crippen molar-refractivity contribution in [3.63, 3.8) is 0 Å². The number of aliphatic imine (C=N–C) groups is 1. The molecule has 0 aromatic carbocycles. The predicted octanol–water partition coefficient (Wildman–Crippen LogP) is 2.66. The fraction of sp³-hybridized carbons (Fsp3) is 0.429. The van der Waals surface area contributed by atoms with Crippen LogP contribution in [-0.2, 0) is 0 Å². The Balaban J connectivity index is 2.25. The van der Waals surface area contributed by atoms with E-state index in [2.05, 4.69) is 42.7 Å². The lowest BCUT2D eigenvalue weighted by atomic mass is 9.80. The number of anilines is 1. The molecule has 2 aliphatic heterocycles. The van der Waals surface area contributed by atoms with Gasteiger partial charge in [-0.2, -0.15) is 0 Å². The molecule has 3 rings (SSSR count). The number of aromatic nitrogens is 1. The van der Waals surface area contributed by atoms with Crippen molar-refractivity contribution in [1.82, 2.24) is 4.98 Å². The van der Waals surface area contributed by atoms with E-state index in [1.807, 2.05) is 24.8 Å². The molecule has 88 valence electrons. The van der Waals surface area contributed by atoms with Crippen LogP contribution in [0.2, 0.25) is 0 Å². The molecule has 1 unspecified atom stereocenters. The zero-order valence-corrected chi connectivity index (χ0v) is 10.7. The van der Waals surface area contributed by atoms with Gasteiger partial charge in [-0.05, 0) is 12.5 Å². The summed E-state index contributed by atoms with van der Waals surface area (Å²) in [4.78, 5) is 11.1. The van der Waals surface area contributed by atoms with E-state index in [1.165, 1.54) is 22.4 Å². The van der Waals surface area contributed by atoms with Crippen molar-refractivity contribution in [2.75, 3.05) is 11.9 Å². The Hall–Kier alpha value is -1.64. The first-order valence-corrected chi connectivity index (χ1v) is 5.94. The lowest BCUT2D eigenvalue weighted by Gasteiger charge is -2.36. The summed E-state index contributed by atoms with van der Waals surface area (Å²) in [5.41, 5.74) is 5.13. The van der Waals surface area contributed by atoms with Crippen LogP contribution in [-0.4, -0.2) is 24.3 Å². The van der Waals surface area contributed by atoms with Crippen LogP contribution in [0.1, 0.15) is 25.0 Å². The van der Waals surface area contributed by atoms with Gasteiger partial charge in [0.1, 0.15) is 0 Å². The molecule has 0 saturated heterocycles. The molecule has 2 aliphatic rings. The fourth-order valence-electron chi connectivity index (χ4n) is 3.14. The minimum Gasteiger partial charge on any atom is -0.366 e. The van der Waals surface area contributed by atoms with Gasteiger partial charge in [0.15, 0.2) is 0 Å². The number of nitrogens with zero attached hydrogens (tertiary/aromatic N) is 3. The highest BCUT2D eigenvalue weighted by atomic mass is 15.2. The van der Waals surface area contributed by atoms with Crippen molar-refractivity contribution in [2.45, 2.75) is 26.8 Å². The third kappa shape index (κ3) is 1.28. The number of likely N-dealkylation sites (N-methyl/N-ethyl adjacent to an activating group) is 1. The molecule has 0 N–H and O–H groups in total. The summed E-state index contributed by atoms with van der Waals surface area (Å²) in [5, 5.41) is 0. The quantitative estimate of drug-likeness (QED) is 0.681. The third-order valence-electron chi connectivity index (χ3n) is 3.77. The summed E-state index contributed by atoms with van der Waals surface area (Å²) in [5.74, 6) is 0. The Bertz CT molecular complexity index is 540. The molecule has 17 heavy (non-hydrogen) atoms. The zero-order chi connectivity index (χ0) is 12.2. The maximum atomic E-state index is 4.39. The lowest BCUT2D eigenvalue weighted by molar-refractivity contribution is 0.470. The van der Waals surface area contributed by atoms with E-state index in [1.54, 1.807) is 0 Å². The number of fused-ring (bicyclic) bond motifs is 3. The monoisotopic (exact) mass is 227 g/mol. The van der Waals surface area contributed by atoms with Crippen LogP contribution in [0.15, 0.2) is 23.6 Å². The van der Waals surface area contributed by atoms with E-state index in [0.717, 1.165) is 0 Å². The number of hydrogen-bond acceptors (Lipinski definition) is 3. The van der Waals surface area contributed by atoms with Crippen LogP contribution in [0.4, 0.5) is 5.69 Å². The van der Waals surface area contributed by atoms with Crippen LogP contribution >= 0.6 is 0 Å². The highest BCUT2D eigenvalue weighted by molar-refractivity contribution is 5.94. The molecule has 1 atom stereocenters. The van der Waals surface area contributed by atoms with Gasteiger partial charge in [-0.25, -0.2) is 0 Å². The molecular formula is C14H17N3. The molecule has 1 aromatic rings. The van der Waals surface area contributed by atoms with Crippen LogP contribution in [0, 0.1) is 12.3 Å². The second-order valence-corrected chi connectivity index (χ2v) is 5.55. The van der Waals surface area contributed by atoms with Gasteiger partial charge in [-0.3, -0.25) is 9.98 Å². The Labute approximate surface area is 102 Å². The lowest BCUT2D eigenvalue weighted by Crippen LogP contribution is -2.42. The normalized spacial score (nSPS) is 24.4. The highest BCUT2D eigenvalue weighted by Gasteiger charge is 2.43. The summed E-state index contributed by atoms with van der Waals surface area (Å²) in [6, 6.07) is 0.373. The minimum atomic E-state index is 0.0598. The Morgan fingerprint density at radius 2 is 2.06 bits per heavy atom. The van der Waals surface area contributed by atoms with Gasteiger partial charge >= 0.3 is 0 Å². The van der Waals surface area contributed by atoms with E-state index < -0.39 is 0 Å². The third-order valence-corrected chi connectivity index (χ3v) is 3.77. The molecule has 3 heterocycles. The summed E-state index contributed by atoms with van der Waals surface area (Å²) >= 11 is 0. The number of rotatable bonds is 0. The van der Waals surface area contributed by atoms with Crippen molar-refractivity contribution in [1.29, 1.82) is 0 Å². The van der Waals surface area contributed by atoms with Crippen LogP contribution < -0.4 is 4.90 Å². The van der Waals surface area contributed by atoms with Crippen molar-refractivity contribution >= 4 is 17.5 Å². The maximum absolute atomic E-state index is 4.39. The molecule has 0 amide bonds. The van der Waals surface area contributed by atoms with Crippen LogP contribution in [0.5, 0.6) is 0 Å². The summed E-state index contributed by atoms with van der Waals surface area (Å²) < 4.78 is 0. The molecule has 0 bridgehead atoms. The largest absolute Gasteiger partial charge is 0.366 e. The van der Waals surface area contributed by atoms with E-state index >= 15 is 0 Å².